The normalized spacial score (nSPS) is 12.6. The van der Waals surface area contributed by atoms with Crippen molar-refractivity contribution in [2.45, 2.75) is 13.0 Å². The summed E-state index contributed by atoms with van der Waals surface area (Å²) >= 11 is 11.3. The van der Waals surface area contributed by atoms with Crippen LogP contribution in [0.5, 0.6) is 0 Å². The summed E-state index contributed by atoms with van der Waals surface area (Å²) in [4.78, 5) is 8.68. The average Bonchev–Trinajstić information content (AvgIpc) is 2.93. The molecule has 0 radical (unpaired) electrons. The number of hydrogen-bond acceptors (Lipinski definition) is 4. The van der Waals surface area contributed by atoms with Crippen LogP contribution in [0.3, 0.4) is 0 Å². The number of halogens is 2. The Morgan fingerprint density at radius 1 is 1.30 bits per heavy atom. The minimum absolute atomic E-state index is 0.137. The van der Waals surface area contributed by atoms with Crippen LogP contribution in [0.15, 0.2) is 40.4 Å². The molecule has 2 heterocycles. The van der Waals surface area contributed by atoms with Crippen molar-refractivity contribution >= 4 is 55.5 Å². The van der Waals surface area contributed by atoms with E-state index < -0.39 is 0 Å². The summed E-state index contributed by atoms with van der Waals surface area (Å²) in [6, 6.07) is 5.96. The third kappa shape index (κ3) is 2.66. The highest BCUT2D eigenvalue weighted by Crippen LogP contribution is 2.32. The molecule has 102 valence electrons. The minimum atomic E-state index is 0.137. The molecule has 0 saturated carbocycles. The van der Waals surface area contributed by atoms with E-state index in [-0.39, 0.29) is 6.04 Å². The Balaban J connectivity index is 2.03. The first kappa shape index (κ1) is 13.8. The summed E-state index contributed by atoms with van der Waals surface area (Å²) in [5, 5.41) is 8.13. The highest BCUT2D eigenvalue weighted by atomic mass is 79.9. The Labute approximate surface area is 134 Å². The molecule has 0 saturated heterocycles. The van der Waals surface area contributed by atoms with Gasteiger partial charge >= 0.3 is 0 Å². The summed E-state index contributed by atoms with van der Waals surface area (Å²) in [5.74, 6) is 0. The molecule has 1 atom stereocenters. The predicted octanol–water partition coefficient (Wildman–Crippen LogP) is 5.28. The largest absolute Gasteiger partial charge is 0.375 e. The van der Waals surface area contributed by atoms with Crippen LogP contribution in [0.1, 0.15) is 18.0 Å². The van der Waals surface area contributed by atoms with Gasteiger partial charge in [0.1, 0.15) is 5.01 Å². The van der Waals surface area contributed by atoms with Crippen molar-refractivity contribution in [3.8, 4) is 0 Å². The first-order valence-corrected chi connectivity index (χ1v) is 8.10. The van der Waals surface area contributed by atoms with Crippen LogP contribution >= 0.6 is 38.9 Å². The number of nitrogens with zero attached hydrogens (tertiary/aromatic N) is 2. The van der Waals surface area contributed by atoms with Crippen molar-refractivity contribution < 1.29 is 0 Å². The number of aromatic nitrogens is 2. The number of nitrogens with one attached hydrogen (secondary N) is 1. The maximum absolute atomic E-state index is 6.24. The zero-order valence-electron chi connectivity index (χ0n) is 10.6. The van der Waals surface area contributed by atoms with E-state index in [1.807, 2.05) is 29.8 Å². The molecule has 1 aromatic carbocycles. The van der Waals surface area contributed by atoms with Gasteiger partial charge in [0.15, 0.2) is 0 Å². The first-order valence-electron chi connectivity index (χ1n) is 6.05. The molecule has 3 aromatic rings. The highest BCUT2D eigenvalue weighted by Gasteiger charge is 2.11. The number of benzene rings is 1. The molecule has 1 N–H and O–H groups in total. The van der Waals surface area contributed by atoms with Crippen molar-refractivity contribution in [3.63, 3.8) is 0 Å². The second-order valence-corrected chi connectivity index (χ2v) is 6.63. The first-order chi connectivity index (χ1) is 9.65. The monoisotopic (exact) mass is 367 g/mol. The van der Waals surface area contributed by atoms with Crippen LogP contribution in [0.4, 0.5) is 5.69 Å². The summed E-state index contributed by atoms with van der Waals surface area (Å²) in [7, 11) is 0. The van der Waals surface area contributed by atoms with Crippen LogP contribution in [0, 0.1) is 0 Å². The Morgan fingerprint density at radius 3 is 2.90 bits per heavy atom. The van der Waals surface area contributed by atoms with Gasteiger partial charge in [-0.1, -0.05) is 27.5 Å². The van der Waals surface area contributed by atoms with E-state index in [2.05, 4.69) is 38.1 Å². The van der Waals surface area contributed by atoms with Crippen molar-refractivity contribution in [1.82, 2.24) is 9.97 Å². The lowest BCUT2D eigenvalue weighted by molar-refractivity contribution is 0.871. The Hall–Kier alpha value is -1.17. The van der Waals surface area contributed by atoms with Crippen LogP contribution in [-0.2, 0) is 0 Å². The predicted molar refractivity (Wildman–Crippen MR) is 88.6 cm³/mol. The third-order valence-electron chi connectivity index (χ3n) is 2.96. The average molecular weight is 369 g/mol. The molecule has 6 heteroatoms. The zero-order chi connectivity index (χ0) is 14.1. The van der Waals surface area contributed by atoms with Crippen molar-refractivity contribution in [3.05, 3.63) is 50.5 Å². The van der Waals surface area contributed by atoms with Gasteiger partial charge in [-0.3, -0.25) is 4.98 Å². The van der Waals surface area contributed by atoms with Gasteiger partial charge in [0.2, 0.25) is 0 Å². The molecular weight excluding hydrogens is 358 g/mol. The molecule has 0 aliphatic carbocycles. The molecule has 0 spiro atoms. The van der Waals surface area contributed by atoms with Gasteiger partial charge < -0.3 is 5.32 Å². The lowest BCUT2D eigenvalue weighted by Crippen LogP contribution is -2.06. The van der Waals surface area contributed by atoms with E-state index >= 15 is 0 Å². The number of hydrogen-bond donors (Lipinski definition) is 1. The molecule has 0 amide bonds. The van der Waals surface area contributed by atoms with Crippen molar-refractivity contribution in [2.24, 2.45) is 0 Å². The number of fused-ring (bicyclic) bond motifs is 1. The zero-order valence-corrected chi connectivity index (χ0v) is 13.8. The Kier molecular flexibility index (Phi) is 3.92. The fourth-order valence-corrected chi connectivity index (χ4v) is 3.55. The van der Waals surface area contributed by atoms with Gasteiger partial charge in [-0.2, -0.15) is 0 Å². The van der Waals surface area contributed by atoms with E-state index in [0.717, 1.165) is 26.1 Å². The molecule has 20 heavy (non-hydrogen) atoms. The maximum atomic E-state index is 6.24. The van der Waals surface area contributed by atoms with Crippen molar-refractivity contribution in [2.75, 3.05) is 5.32 Å². The topological polar surface area (TPSA) is 37.8 Å². The summed E-state index contributed by atoms with van der Waals surface area (Å²) in [6.45, 7) is 2.09. The summed E-state index contributed by atoms with van der Waals surface area (Å²) in [5.41, 5.74) is 1.80. The molecule has 0 aliphatic rings. The number of rotatable bonds is 3. The molecule has 1 unspecified atom stereocenters. The van der Waals surface area contributed by atoms with E-state index in [9.17, 15) is 0 Å². The molecule has 3 nitrogen and oxygen atoms in total. The second kappa shape index (κ2) is 5.68. The fourth-order valence-electron chi connectivity index (χ4n) is 2.05. The van der Waals surface area contributed by atoms with E-state index in [1.165, 1.54) is 0 Å². The van der Waals surface area contributed by atoms with E-state index in [1.54, 1.807) is 17.5 Å². The molecule has 0 bridgehead atoms. The molecule has 0 aliphatic heterocycles. The van der Waals surface area contributed by atoms with Crippen LogP contribution < -0.4 is 5.32 Å². The van der Waals surface area contributed by atoms with Crippen LogP contribution in [-0.4, -0.2) is 9.97 Å². The number of pyridine rings is 1. The van der Waals surface area contributed by atoms with E-state index in [0.29, 0.717) is 5.02 Å². The maximum Gasteiger partial charge on any atom is 0.115 e. The minimum Gasteiger partial charge on any atom is -0.375 e. The third-order valence-corrected chi connectivity index (χ3v) is 4.66. The summed E-state index contributed by atoms with van der Waals surface area (Å²) < 4.78 is 0.938. The van der Waals surface area contributed by atoms with Gasteiger partial charge in [-0.25, -0.2) is 4.98 Å². The molecule has 2 aromatic heterocycles. The van der Waals surface area contributed by atoms with Gasteiger partial charge in [0.25, 0.3) is 0 Å². The van der Waals surface area contributed by atoms with Gasteiger partial charge in [-0.05, 0) is 25.1 Å². The molecular formula is C14H11BrClN3S. The SMILES string of the molecule is CC(Nc1ccnc2c(Cl)cc(Br)cc12)c1nccs1. The highest BCUT2D eigenvalue weighted by molar-refractivity contribution is 9.10. The lowest BCUT2D eigenvalue weighted by atomic mass is 10.1. The van der Waals surface area contributed by atoms with Crippen LogP contribution in [0.25, 0.3) is 10.9 Å². The van der Waals surface area contributed by atoms with Gasteiger partial charge in [-0.15, -0.1) is 11.3 Å². The molecule has 0 fully saturated rings. The number of thiazole rings is 1. The Morgan fingerprint density at radius 2 is 2.15 bits per heavy atom. The van der Waals surface area contributed by atoms with Crippen molar-refractivity contribution in [1.29, 1.82) is 0 Å². The standard InChI is InChI=1S/C14H11BrClN3S/c1-8(14-18-4-5-20-14)19-12-2-3-17-13-10(12)6-9(15)7-11(13)16/h2-8H,1H3,(H,17,19). The van der Waals surface area contributed by atoms with Gasteiger partial charge in [0, 0.05) is 33.3 Å². The number of anilines is 1. The fraction of sp³-hybridized carbons (Fsp3) is 0.143. The lowest BCUT2D eigenvalue weighted by Gasteiger charge is -2.15. The quantitative estimate of drug-likeness (QED) is 0.683. The Bertz CT molecular complexity index is 746. The summed E-state index contributed by atoms with van der Waals surface area (Å²) in [6.07, 6.45) is 3.58. The van der Waals surface area contributed by atoms with Crippen LogP contribution in [0.2, 0.25) is 5.02 Å². The second-order valence-electron chi connectivity index (χ2n) is 4.38. The molecule has 3 rings (SSSR count). The van der Waals surface area contributed by atoms with Gasteiger partial charge in [0.05, 0.1) is 16.6 Å². The smallest absolute Gasteiger partial charge is 0.115 e. The van der Waals surface area contributed by atoms with E-state index in [4.69, 9.17) is 11.6 Å².